The predicted octanol–water partition coefficient (Wildman–Crippen LogP) is 0.283. The van der Waals surface area contributed by atoms with Crippen LogP contribution < -0.4 is 10.3 Å². The molecule has 0 radical (unpaired) electrons. The number of hydrogen-bond acceptors (Lipinski definition) is 4. The number of allylic oxidation sites excluding steroid dienone is 1. The number of aliphatic carboxylic acids is 1. The molecular weight excluding hydrogens is 212 g/mol. The fourth-order valence-electron chi connectivity index (χ4n) is 1.15. The monoisotopic (exact) mass is 224 g/mol. The van der Waals surface area contributed by atoms with Gasteiger partial charge in [-0.15, -0.1) is 5.10 Å². The molecule has 1 aromatic heterocycles. The van der Waals surface area contributed by atoms with Crippen LogP contribution in [0.2, 0.25) is 0 Å². The van der Waals surface area contributed by atoms with Crippen molar-refractivity contribution in [2.24, 2.45) is 0 Å². The van der Waals surface area contributed by atoms with Crippen LogP contribution in [0.5, 0.6) is 5.88 Å². The van der Waals surface area contributed by atoms with Gasteiger partial charge in [-0.05, 0) is 12.5 Å². The van der Waals surface area contributed by atoms with Gasteiger partial charge in [0.2, 0.25) is 5.88 Å². The van der Waals surface area contributed by atoms with E-state index in [0.29, 0.717) is 11.5 Å². The van der Waals surface area contributed by atoms with Crippen LogP contribution in [0.3, 0.4) is 0 Å². The topological polar surface area (TPSA) is 81.4 Å². The maximum atomic E-state index is 11.4. The van der Waals surface area contributed by atoms with Crippen molar-refractivity contribution in [2.45, 2.75) is 13.5 Å². The molecule has 6 nitrogen and oxygen atoms in total. The molecule has 86 valence electrons. The second-order valence-corrected chi connectivity index (χ2v) is 3.20. The second kappa shape index (κ2) is 5.11. The van der Waals surface area contributed by atoms with Gasteiger partial charge in [-0.1, -0.05) is 0 Å². The van der Waals surface area contributed by atoms with Gasteiger partial charge in [0.05, 0.1) is 13.7 Å². The van der Waals surface area contributed by atoms with Gasteiger partial charge in [0.1, 0.15) is 0 Å². The Morgan fingerprint density at radius 2 is 2.31 bits per heavy atom. The molecule has 0 saturated heterocycles. The molecule has 0 aliphatic rings. The summed E-state index contributed by atoms with van der Waals surface area (Å²) in [7, 11) is 1.44. The maximum Gasteiger partial charge on any atom is 0.328 e. The van der Waals surface area contributed by atoms with Crippen LogP contribution in [0.4, 0.5) is 0 Å². The average molecular weight is 224 g/mol. The van der Waals surface area contributed by atoms with Crippen LogP contribution in [-0.2, 0) is 11.3 Å². The van der Waals surface area contributed by atoms with Crippen molar-refractivity contribution in [3.8, 4) is 5.88 Å². The van der Waals surface area contributed by atoms with E-state index in [1.165, 1.54) is 19.2 Å². The number of carboxylic acids is 1. The fraction of sp³-hybridized carbons (Fsp3) is 0.300. The summed E-state index contributed by atoms with van der Waals surface area (Å²) in [6.45, 7) is 1.74. The van der Waals surface area contributed by atoms with Crippen molar-refractivity contribution in [1.29, 1.82) is 0 Å². The zero-order valence-corrected chi connectivity index (χ0v) is 9.01. The molecule has 1 rings (SSSR count). The highest BCUT2D eigenvalue weighted by molar-refractivity contribution is 5.80. The van der Waals surface area contributed by atoms with Crippen molar-refractivity contribution in [2.75, 3.05) is 7.11 Å². The highest BCUT2D eigenvalue weighted by Gasteiger charge is 2.02. The second-order valence-electron chi connectivity index (χ2n) is 3.20. The lowest BCUT2D eigenvalue weighted by molar-refractivity contribution is -0.131. The third-order valence-electron chi connectivity index (χ3n) is 1.82. The standard InChI is InChI=1S/C10H12N2O4/c1-7(5-10(14)15)6-12-9(13)4-3-8(11-12)16-2/h3-5H,6H2,1-2H3,(H,14,15)/b7-5+. The number of rotatable bonds is 4. The van der Waals surface area contributed by atoms with Crippen LogP contribution in [0.15, 0.2) is 28.6 Å². The SMILES string of the molecule is COc1ccc(=O)n(C/C(C)=C/C(=O)O)n1. The number of ether oxygens (including phenoxy) is 1. The summed E-state index contributed by atoms with van der Waals surface area (Å²) < 4.78 is 6.01. The molecule has 6 heteroatoms. The van der Waals surface area contributed by atoms with Gasteiger partial charge in [-0.2, -0.15) is 0 Å². The van der Waals surface area contributed by atoms with Crippen LogP contribution in [-0.4, -0.2) is 28.0 Å². The van der Waals surface area contributed by atoms with E-state index >= 15 is 0 Å². The van der Waals surface area contributed by atoms with E-state index in [1.807, 2.05) is 0 Å². The van der Waals surface area contributed by atoms with E-state index < -0.39 is 5.97 Å². The third-order valence-corrected chi connectivity index (χ3v) is 1.82. The zero-order valence-electron chi connectivity index (χ0n) is 9.01. The average Bonchev–Trinajstić information content (AvgIpc) is 2.20. The molecule has 0 aromatic carbocycles. The predicted molar refractivity (Wildman–Crippen MR) is 56.4 cm³/mol. The maximum absolute atomic E-state index is 11.4. The van der Waals surface area contributed by atoms with Gasteiger partial charge in [-0.25, -0.2) is 9.48 Å². The zero-order chi connectivity index (χ0) is 12.1. The summed E-state index contributed by atoms with van der Waals surface area (Å²) in [4.78, 5) is 21.8. The van der Waals surface area contributed by atoms with Gasteiger partial charge >= 0.3 is 5.97 Å². The quantitative estimate of drug-likeness (QED) is 0.743. The van der Waals surface area contributed by atoms with Crippen molar-refractivity contribution in [3.05, 3.63) is 34.1 Å². The van der Waals surface area contributed by atoms with Crippen LogP contribution in [0.25, 0.3) is 0 Å². The van der Waals surface area contributed by atoms with Gasteiger partial charge in [0, 0.05) is 18.2 Å². The molecule has 0 atom stereocenters. The van der Waals surface area contributed by atoms with Gasteiger partial charge < -0.3 is 9.84 Å². The lowest BCUT2D eigenvalue weighted by Crippen LogP contribution is -2.22. The lowest BCUT2D eigenvalue weighted by atomic mass is 10.3. The first kappa shape index (κ1) is 12.0. The molecule has 1 heterocycles. The van der Waals surface area contributed by atoms with E-state index in [4.69, 9.17) is 9.84 Å². The molecule has 0 unspecified atom stereocenters. The van der Waals surface area contributed by atoms with E-state index in [-0.39, 0.29) is 12.1 Å². The highest BCUT2D eigenvalue weighted by atomic mass is 16.5. The number of hydrogen-bond donors (Lipinski definition) is 1. The van der Waals surface area contributed by atoms with Gasteiger partial charge in [0.15, 0.2) is 0 Å². The van der Waals surface area contributed by atoms with Crippen molar-refractivity contribution in [3.63, 3.8) is 0 Å². The van der Waals surface area contributed by atoms with Crippen LogP contribution in [0.1, 0.15) is 6.92 Å². The molecule has 0 aliphatic carbocycles. The minimum Gasteiger partial charge on any atom is -0.480 e. The molecule has 1 aromatic rings. The Bertz CT molecular complexity index is 476. The summed E-state index contributed by atoms with van der Waals surface area (Å²) in [5, 5.41) is 12.4. The van der Waals surface area contributed by atoms with Crippen molar-refractivity contribution < 1.29 is 14.6 Å². The Balaban J connectivity index is 2.96. The lowest BCUT2D eigenvalue weighted by Gasteiger charge is -2.05. The number of carboxylic acid groups (broad SMARTS) is 1. The minimum absolute atomic E-state index is 0.127. The van der Waals surface area contributed by atoms with Crippen LogP contribution >= 0.6 is 0 Å². The summed E-state index contributed by atoms with van der Waals surface area (Å²) in [6.07, 6.45) is 1.04. The Labute approximate surface area is 91.8 Å². The third kappa shape index (κ3) is 3.23. The fourth-order valence-corrected chi connectivity index (χ4v) is 1.15. The molecular formula is C10H12N2O4. The van der Waals surface area contributed by atoms with Crippen molar-refractivity contribution >= 4 is 5.97 Å². The van der Waals surface area contributed by atoms with Crippen LogP contribution in [0, 0.1) is 0 Å². The van der Waals surface area contributed by atoms with Gasteiger partial charge in [-0.3, -0.25) is 4.79 Å². The summed E-state index contributed by atoms with van der Waals surface area (Å²) in [5.74, 6) is -0.740. The molecule has 0 saturated carbocycles. The van der Waals surface area contributed by atoms with E-state index in [9.17, 15) is 9.59 Å². The van der Waals surface area contributed by atoms with E-state index in [2.05, 4.69) is 5.10 Å². The van der Waals surface area contributed by atoms with E-state index in [1.54, 1.807) is 6.92 Å². The first-order valence-electron chi connectivity index (χ1n) is 4.55. The molecule has 0 spiro atoms. The summed E-state index contributed by atoms with van der Waals surface area (Å²) in [5.41, 5.74) is 0.217. The molecule has 0 amide bonds. The van der Waals surface area contributed by atoms with Gasteiger partial charge in [0.25, 0.3) is 5.56 Å². The molecule has 16 heavy (non-hydrogen) atoms. The smallest absolute Gasteiger partial charge is 0.328 e. The molecule has 0 aliphatic heterocycles. The first-order chi connectivity index (χ1) is 7.52. The molecule has 0 fully saturated rings. The Hall–Kier alpha value is -2.11. The number of aromatic nitrogens is 2. The normalized spacial score (nSPS) is 11.2. The number of carbonyl (C=O) groups is 1. The molecule has 1 N–H and O–H groups in total. The Morgan fingerprint density at radius 3 is 2.88 bits per heavy atom. The largest absolute Gasteiger partial charge is 0.480 e. The summed E-state index contributed by atoms with van der Waals surface area (Å²) in [6, 6.07) is 2.77. The first-order valence-corrected chi connectivity index (χ1v) is 4.55. The number of nitrogens with zero attached hydrogens (tertiary/aromatic N) is 2. The Kier molecular flexibility index (Phi) is 3.82. The van der Waals surface area contributed by atoms with Crippen molar-refractivity contribution in [1.82, 2.24) is 9.78 Å². The Morgan fingerprint density at radius 1 is 1.62 bits per heavy atom. The number of methoxy groups -OCH3 is 1. The minimum atomic E-state index is -1.05. The van der Waals surface area contributed by atoms with E-state index in [0.717, 1.165) is 10.8 Å². The molecule has 0 bridgehead atoms. The highest BCUT2D eigenvalue weighted by Crippen LogP contribution is 2.01. The summed E-state index contributed by atoms with van der Waals surface area (Å²) >= 11 is 0.